The molecule has 1 aromatic heterocycles. The zero-order chi connectivity index (χ0) is 10.5. The van der Waals surface area contributed by atoms with Crippen molar-refractivity contribution in [2.24, 2.45) is 5.73 Å². The van der Waals surface area contributed by atoms with Gasteiger partial charge in [0.2, 0.25) is 0 Å². The third-order valence-corrected chi connectivity index (χ3v) is 3.49. The summed E-state index contributed by atoms with van der Waals surface area (Å²) in [4.78, 5) is 2.41. The van der Waals surface area contributed by atoms with Crippen LogP contribution < -0.4 is 5.73 Å². The summed E-state index contributed by atoms with van der Waals surface area (Å²) >= 11 is 1.63. The normalized spacial score (nSPS) is 24.7. The van der Waals surface area contributed by atoms with Crippen molar-refractivity contribution in [2.75, 3.05) is 13.1 Å². The Labute approximate surface area is 94.5 Å². The summed E-state index contributed by atoms with van der Waals surface area (Å²) in [6.07, 6.45) is 5.03. The SMILES string of the molecule is NC1CCCCCN(Cc2nncs2)C1. The van der Waals surface area contributed by atoms with Crippen molar-refractivity contribution in [1.82, 2.24) is 15.1 Å². The summed E-state index contributed by atoms with van der Waals surface area (Å²) < 4.78 is 0. The Bertz CT molecular complexity index is 275. The molecule has 1 aliphatic heterocycles. The van der Waals surface area contributed by atoms with E-state index in [0.717, 1.165) is 31.1 Å². The van der Waals surface area contributed by atoms with Crippen LogP contribution in [0.1, 0.15) is 30.7 Å². The molecular formula is C10H18N4S. The van der Waals surface area contributed by atoms with E-state index in [0.29, 0.717) is 6.04 Å². The predicted octanol–water partition coefficient (Wildman–Crippen LogP) is 1.24. The van der Waals surface area contributed by atoms with Gasteiger partial charge in [-0.25, -0.2) is 0 Å². The lowest BCUT2D eigenvalue weighted by Crippen LogP contribution is -2.38. The van der Waals surface area contributed by atoms with Crippen LogP contribution in [0.3, 0.4) is 0 Å². The zero-order valence-corrected chi connectivity index (χ0v) is 9.75. The molecule has 1 aromatic rings. The second kappa shape index (κ2) is 5.53. The maximum atomic E-state index is 6.05. The number of nitrogens with two attached hydrogens (primary N) is 1. The molecule has 2 rings (SSSR count). The van der Waals surface area contributed by atoms with E-state index < -0.39 is 0 Å². The van der Waals surface area contributed by atoms with Crippen LogP contribution in [0.5, 0.6) is 0 Å². The summed E-state index contributed by atoms with van der Waals surface area (Å²) in [7, 11) is 0. The zero-order valence-electron chi connectivity index (χ0n) is 8.93. The second-order valence-electron chi connectivity index (χ2n) is 4.18. The fraction of sp³-hybridized carbons (Fsp3) is 0.800. The number of aromatic nitrogens is 2. The highest BCUT2D eigenvalue weighted by Crippen LogP contribution is 2.13. The van der Waals surface area contributed by atoms with E-state index in [-0.39, 0.29) is 0 Å². The van der Waals surface area contributed by atoms with Gasteiger partial charge in [-0.1, -0.05) is 12.8 Å². The average molecular weight is 226 g/mol. The molecule has 0 aliphatic carbocycles. The summed E-state index contributed by atoms with van der Waals surface area (Å²) in [5.41, 5.74) is 7.84. The number of rotatable bonds is 2. The predicted molar refractivity (Wildman–Crippen MR) is 61.6 cm³/mol. The maximum Gasteiger partial charge on any atom is 0.131 e. The van der Waals surface area contributed by atoms with Gasteiger partial charge in [-0.15, -0.1) is 21.5 Å². The van der Waals surface area contributed by atoms with Crippen molar-refractivity contribution in [3.8, 4) is 0 Å². The fourth-order valence-electron chi connectivity index (χ4n) is 2.03. The summed E-state index contributed by atoms with van der Waals surface area (Å²) in [6.45, 7) is 3.06. The molecule has 1 fully saturated rings. The third-order valence-electron chi connectivity index (χ3n) is 2.81. The first-order chi connectivity index (χ1) is 7.34. The molecule has 0 saturated carbocycles. The standard InChI is InChI=1S/C10H18N4S/c11-9-4-2-1-3-5-14(6-9)7-10-13-12-8-15-10/h8-9H,1-7,11H2. The molecule has 1 atom stereocenters. The van der Waals surface area contributed by atoms with Crippen molar-refractivity contribution in [2.45, 2.75) is 38.3 Å². The van der Waals surface area contributed by atoms with Gasteiger partial charge in [0.15, 0.2) is 0 Å². The van der Waals surface area contributed by atoms with Crippen molar-refractivity contribution in [3.05, 3.63) is 10.5 Å². The van der Waals surface area contributed by atoms with Crippen LogP contribution in [0.15, 0.2) is 5.51 Å². The molecule has 0 bridgehead atoms. The lowest BCUT2D eigenvalue weighted by molar-refractivity contribution is 0.223. The molecule has 15 heavy (non-hydrogen) atoms. The van der Waals surface area contributed by atoms with Gasteiger partial charge in [0.1, 0.15) is 10.5 Å². The highest BCUT2D eigenvalue weighted by molar-refractivity contribution is 7.09. The van der Waals surface area contributed by atoms with E-state index in [1.54, 1.807) is 16.8 Å². The molecule has 0 aromatic carbocycles. The Morgan fingerprint density at radius 2 is 2.40 bits per heavy atom. The van der Waals surface area contributed by atoms with Crippen LogP contribution in [0.4, 0.5) is 0 Å². The first-order valence-corrected chi connectivity index (χ1v) is 6.45. The summed E-state index contributed by atoms with van der Waals surface area (Å²) in [6, 6.07) is 0.332. The molecule has 5 heteroatoms. The number of likely N-dealkylation sites (tertiary alicyclic amines) is 1. The minimum absolute atomic E-state index is 0.332. The molecule has 2 heterocycles. The van der Waals surface area contributed by atoms with E-state index in [4.69, 9.17) is 5.73 Å². The lowest BCUT2D eigenvalue weighted by atomic mass is 10.1. The molecular weight excluding hydrogens is 208 g/mol. The number of hydrogen-bond acceptors (Lipinski definition) is 5. The van der Waals surface area contributed by atoms with Gasteiger partial charge in [-0.2, -0.15) is 0 Å². The van der Waals surface area contributed by atoms with E-state index in [2.05, 4.69) is 15.1 Å². The van der Waals surface area contributed by atoms with Gasteiger partial charge in [0, 0.05) is 12.6 Å². The maximum absolute atomic E-state index is 6.05. The van der Waals surface area contributed by atoms with Crippen LogP contribution in [0.25, 0.3) is 0 Å². The van der Waals surface area contributed by atoms with E-state index in [1.807, 2.05) is 0 Å². The highest BCUT2D eigenvalue weighted by atomic mass is 32.1. The Hall–Kier alpha value is -0.520. The molecule has 2 N–H and O–H groups in total. The van der Waals surface area contributed by atoms with Crippen molar-refractivity contribution in [1.29, 1.82) is 0 Å². The highest BCUT2D eigenvalue weighted by Gasteiger charge is 2.14. The minimum atomic E-state index is 0.332. The van der Waals surface area contributed by atoms with Gasteiger partial charge >= 0.3 is 0 Å². The molecule has 0 spiro atoms. The van der Waals surface area contributed by atoms with Gasteiger partial charge in [-0.3, -0.25) is 4.90 Å². The molecule has 0 radical (unpaired) electrons. The molecule has 84 valence electrons. The number of nitrogens with zero attached hydrogens (tertiary/aromatic N) is 3. The van der Waals surface area contributed by atoms with Crippen LogP contribution in [0.2, 0.25) is 0 Å². The molecule has 4 nitrogen and oxygen atoms in total. The Balaban J connectivity index is 1.88. The van der Waals surface area contributed by atoms with Gasteiger partial charge < -0.3 is 5.73 Å². The van der Waals surface area contributed by atoms with Gasteiger partial charge in [-0.05, 0) is 19.4 Å². The molecule has 1 aliphatic rings. The van der Waals surface area contributed by atoms with Gasteiger partial charge in [0.25, 0.3) is 0 Å². The molecule has 0 amide bonds. The largest absolute Gasteiger partial charge is 0.327 e. The Morgan fingerprint density at radius 3 is 3.20 bits per heavy atom. The van der Waals surface area contributed by atoms with Crippen LogP contribution in [-0.2, 0) is 6.54 Å². The monoisotopic (exact) mass is 226 g/mol. The van der Waals surface area contributed by atoms with E-state index in [9.17, 15) is 0 Å². The Kier molecular flexibility index (Phi) is 4.05. The fourth-order valence-corrected chi connectivity index (χ4v) is 2.60. The second-order valence-corrected chi connectivity index (χ2v) is 5.09. The quantitative estimate of drug-likeness (QED) is 0.824. The lowest BCUT2D eigenvalue weighted by Gasteiger charge is -2.27. The molecule has 1 unspecified atom stereocenters. The first-order valence-electron chi connectivity index (χ1n) is 5.57. The number of hydrogen-bond donors (Lipinski definition) is 1. The average Bonchev–Trinajstić information content (AvgIpc) is 2.66. The summed E-state index contributed by atoms with van der Waals surface area (Å²) in [5, 5.41) is 9.03. The van der Waals surface area contributed by atoms with Crippen LogP contribution >= 0.6 is 11.3 Å². The minimum Gasteiger partial charge on any atom is -0.327 e. The van der Waals surface area contributed by atoms with Crippen molar-refractivity contribution in [3.63, 3.8) is 0 Å². The third kappa shape index (κ3) is 3.52. The topological polar surface area (TPSA) is 55.0 Å². The summed E-state index contributed by atoms with van der Waals surface area (Å²) in [5.74, 6) is 0. The van der Waals surface area contributed by atoms with Crippen LogP contribution in [0, 0.1) is 0 Å². The van der Waals surface area contributed by atoms with E-state index in [1.165, 1.54) is 19.3 Å². The smallest absolute Gasteiger partial charge is 0.131 e. The van der Waals surface area contributed by atoms with Crippen molar-refractivity contribution >= 4 is 11.3 Å². The Morgan fingerprint density at radius 1 is 1.47 bits per heavy atom. The first kappa shape index (κ1) is 11.0. The van der Waals surface area contributed by atoms with Crippen molar-refractivity contribution < 1.29 is 0 Å². The van der Waals surface area contributed by atoms with E-state index >= 15 is 0 Å². The van der Waals surface area contributed by atoms with Crippen LogP contribution in [-0.4, -0.2) is 34.2 Å². The van der Waals surface area contributed by atoms with Gasteiger partial charge in [0.05, 0.1) is 6.54 Å². The molecule has 1 saturated heterocycles.